The molecule has 1 aromatic carbocycles. The number of hydrogen-bond acceptors (Lipinski definition) is 2. The van der Waals surface area contributed by atoms with Gasteiger partial charge in [-0.15, -0.1) is 12.4 Å². The lowest BCUT2D eigenvalue weighted by atomic mass is 9.83. The third kappa shape index (κ3) is 4.47. The van der Waals surface area contributed by atoms with Crippen LogP contribution in [0.4, 0.5) is 0 Å². The Hall–Kier alpha value is -0.580. The van der Waals surface area contributed by atoms with Crippen molar-refractivity contribution < 1.29 is 4.79 Å². The summed E-state index contributed by atoms with van der Waals surface area (Å²) < 4.78 is 0.939. The molecule has 1 saturated heterocycles. The highest BCUT2D eigenvalue weighted by Gasteiger charge is 2.27. The highest BCUT2D eigenvalue weighted by atomic mass is 79.9. The van der Waals surface area contributed by atoms with Gasteiger partial charge in [-0.25, -0.2) is 0 Å². The number of amides is 1. The van der Waals surface area contributed by atoms with E-state index in [2.05, 4.69) is 33.5 Å². The molecule has 5 heteroatoms. The Balaban J connectivity index is 0.00000200. The Morgan fingerprint density at radius 3 is 2.90 bits per heavy atom. The number of piperidine rings is 1. The molecule has 1 heterocycles. The second-order valence-corrected chi connectivity index (χ2v) is 6.65. The number of nitrogens with one attached hydrogen (secondary N) is 2. The molecule has 20 heavy (non-hydrogen) atoms. The summed E-state index contributed by atoms with van der Waals surface area (Å²) in [6, 6.07) is 5.80. The predicted molar refractivity (Wildman–Crippen MR) is 88.7 cm³/mol. The van der Waals surface area contributed by atoms with E-state index in [1.54, 1.807) is 0 Å². The Morgan fingerprint density at radius 1 is 1.50 bits per heavy atom. The van der Waals surface area contributed by atoms with Gasteiger partial charge in [-0.05, 0) is 49.4 Å². The first kappa shape index (κ1) is 17.5. The van der Waals surface area contributed by atoms with E-state index in [0.717, 1.165) is 41.7 Å². The summed E-state index contributed by atoms with van der Waals surface area (Å²) in [6.45, 7) is 6.99. The molecule has 0 saturated carbocycles. The molecule has 0 spiro atoms. The van der Waals surface area contributed by atoms with Crippen LogP contribution in [-0.2, 0) is 0 Å². The van der Waals surface area contributed by atoms with Crippen LogP contribution in [0.3, 0.4) is 0 Å². The van der Waals surface area contributed by atoms with Crippen molar-refractivity contribution in [2.45, 2.75) is 26.7 Å². The second kappa shape index (κ2) is 7.43. The highest BCUT2D eigenvalue weighted by molar-refractivity contribution is 9.10. The van der Waals surface area contributed by atoms with Crippen molar-refractivity contribution in [1.82, 2.24) is 10.6 Å². The maximum Gasteiger partial charge on any atom is 0.251 e. The van der Waals surface area contributed by atoms with Crippen LogP contribution in [0.5, 0.6) is 0 Å². The molecule has 0 bridgehead atoms. The van der Waals surface area contributed by atoms with Crippen LogP contribution in [0.25, 0.3) is 0 Å². The van der Waals surface area contributed by atoms with Crippen LogP contribution >= 0.6 is 28.3 Å². The van der Waals surface area contributed by atoms with E-state index in [-0.39, 0.29) is 23.7 Å². The lowest BCUT2D eigenvalue weighted by Gasteiger charge is -2.34. The molecule has 1 aromatic rings. The average Bonchev–Trinajstić information content (AvgIpc) is 2.40. The second-order valence-electron chi connectivity index (χ2n) is 5.73. The minimum atomic E-state index is 0. The van der Waals surface area contributed by atoms with Crippen molar-refractivity contribution >= 4 is 34.2 Å². The van der Waals surface area contributed by atoms with Crippen molar-refractivity contribution in [2.75, 3.05) is 19.6 Å². The van der Waals surface area contributed by atoms with Gasteiger partial charge in [0, 0.05) is 23.1 Å². The Bertz CT molecular complexity index is 473. The van der Waals surface area contributed by atoms with Gasteiger partial charge < -0.3 is 10.6 Å². The number of carbonyl (C=O) groups excluding carboxylic acids is 1. The van der Waals surface area contributed by atoms with Crippen LogP contribution < -0.4 is 10.6 Å². The quantitative estimate of drug-likeness (QED) is 0.867. The summed E-state index contributed by atoms with van der Waals surface area (Å²) in [5.41, 5.74) is 1.93. The molecular weight excluding hydrogens is 340 g/mol. The summed E-state index contributed by atoms with van der Waals surface area (Å²) in [6.07, 6.45) is 2.35. The first-order chi connectivity index (χ1) is 9.00. The number of rotatable bonds is 3. The molecule has 0 aliphatic carbocycles. The number of carbonyl (C=O) groups is 1. The fraction of sp³-hybridized carbons (Fsp3) is 0.533. The predicted octanol–water partition coefficient (Wildman–Crippen LogP) is 3.30. The normalized spacial score (nSPS) is 21.9. The number of hydrogen-bond donors (Lipinski definition) is 2. The molecule has 0 radical (unpaired) electrons. The Morgan fingerprint density at radius 2 is 2.25 bits per heavy atom. The highest BCUT2D eigenvalue weighted by Crippen LogP contribution is 2.24. The van der Waals surface area contributed by atoms with Gasteiger partial charge in [0.15, 0.2) is 0 Å². The summed E-state index contributed by atoms with van der Waals surface area (Å²) >= 11 is 3.41. The molecule has 1 amide bonds. The SMILES string of the molecule is Cc1ccc(Br)cc1C(=O)NCC1(C)CCCNC1.Cl. The smallest absolute Gasteiger partial charge is 0.251 e. The fourth-order valence-corrected chi connectivity index (χ4v) is 2.86. The van der Waals surface area contributed by atoms with Crippen LogP contribution in [0.2, 0.25) is 0 Å². The molecule has 1 atom stereocenters. The van der Waals surface area contributed by atoms with Gasteiger partial charge in [-0.3, -0.25) is 4.79 Å². The molecule has 2 N–H and O–H groups in total. The van der Waals surface area contributed by atoms with Gasteiger partial charge in [-0.1, -0.05) is 28.9 Å². The molecule has 0 aromatic heterocycles. The first-order valence-corrected chi connectivity index (χ1v) is 7.55. The molecule has 1 fully saturated rings. The van der Waals surface area contributed by atoms with Gasteiger partial charge in [0.25, 0.3) is 5.91 Å². The molecule has 3 nitrogen and oxygen atoms in total. The van der Waals surface area contributed by atoms with Crippen LogP contribution in [0.1, 0.15) is 35.7 Å². The minimum absolute atomic E-state index is 0. The van der Waals surface area contributed by atoms with Gasteiger partial charge in [0.05, 0.1) is 0 Å². The number of aryl methyl sites for hydroxylation is 1. The van der Waals surface area contributed by atoms with Crippen molar-refractivity contribution in [3.8, 4) is 0 Å². The van der Waals surface area contributed by atoms with Crippen LogP contribution in [-0.4, -0.2) is 25.5 Å². The van der Waals surface area contributed by atoms with E-state index >= 15 is 0 Å². The zero-order chi connectivity index (χ0) is 13.9. The van der Waals surface area contributed by atoms with Gasteiger partial charge >= 0.3 is 0 Å². The lowest BCUT2D eigenvalue weighted by molar-refractivity contribution is 0.0924. The topological polar surface area (TPSA) is 41.1 Å². The standard InChI is InChI=1S/C15H21BrN2O.ClH/c1-11-4-5-12(16)8-13(11)14(19)18-10-15(2)6-3-7-17-9-15;/h4-5,8,17H,3,6-7,9-10H2,1-2H3,(H,18,19);1H. The molecule has 1 aliphatic rings. The van der Waals surface area contributed by atoms with E-state index in [4.69, 9.17) is 0 Å². The summed E-state index contributed by atoms with van der Waals surface area (Å²) in [4.78, 5) is 12.3. The van der Waals surface area contributed by atoms with E-state index in [9.17, 15) is 4.79 Å². The Labute approximate surface area is 135 Å². The van der Waals surface area contributed by atoms with Crippen molar-refractivity contribution in [2.24, 2.45) is 5.41 Å². The molecule has 112 valence electrons. The van der Waals surface area contributed by atoms with Crippen LogP contribution in [0, 0.1) is 12.3 Å². The van der Waals surface area contributed by atoms with Gasteiger partial charge in [0.2, 0.25) is 0 Å². The molecular formula is C15H22BrClN2O. The lowest BCUT2D eigenvalue weighted by Crippen LogP contribution is -2.45. The zero-order valence-electron chi connectivity index (χ0n) is 12.0. The first-order valence-electron chi connectivity index (χ1n) is 6.75. The summed E-state index contributed by atoms with van der Waals surface area (Å²) in [7, 11) is 0. The molecule has 1 unspecified atom stereocenters. The largest absolute Gasteiger partial charge is 0.351 e. The average molecular weight is 362 g/mol. The van der Waals surface area contributed by atoms with Gasteiger partial charge in [0.1, 0.15) is 0 Å². The third-order valence-electron chi connectivity index (χ3n) is 3.81. The van der Waals surface area contributed by atoms with E-state index in [1.165, 1.54) is 6.42 Å². The van der Waals surface area contributed by atoms with Gasteiger partial charge in [-0.2, -0.15) is 0 Å². The minimum Gasteiger partial charge on any atom is -0.351 e. The Kier molecular flexibility index (Phi) is 6.49. The third-order valence-corrected chi connectivity index (χ3v) is 4.30. The fourth-order valence-electron chi connectivity index (χ4n) is 2.50. The van der Waals surface area contributed by atoms with Crippen molar-refractivity contribution in [3.05, 3.63) is 33.8 Å². The van der Waals surface area contributed by atoms with Crippen molar-refractivity contribution in [3.63, 3.8) is 0 Å². The monoisotopic (exact) mass is 360 g/mol. The molecule has 2 rings (SSSR count). The maximum atomic E-state index is 12.3. The maximum absolute atomic E-state index is 12.3. The van der Waals surface area contributed by atoms with Crippen LogP contribution in [0.15, 0.2) is 22.7 Å². The van der Waals surface area contributed by atoms with E-state index in [1.807, 2.05) is 25.1 Å². The zero-order valence-corrected chi connectivity index (χ0v) is 14.4. The molecule has 1 aliphatic heterocycles. The number of benzene rings is 1. The summed E-state index contributed by atoms with van der Waals surface area (Å²) in [5, 5.41) is 6.48. The number of halogens is 2. The van der Waals surface area contributed by atoms with E-state index in [0.29, 0.717) is 0 Å². The van der Waals surface area contributed by atoms with E-state index < -0.39 is 0 Å². The van der Waals surface area contributed by atoms with Crippen molar-refractivity contribution in [1.29, 1.82) is 0 Å². The summed E-state index contributed by atoms with van der Waals surface area (Å²) in [5.74, 6) is 0.0191.